The average molecular weight is 577 g/mol. The van der Waals surface area contributed by atoms with Crippen molar-refractivity contribution in [2.45, 2.75) is 37.7 Å². The molecule has 2 aromatic carbocycles. The van der Waals surface area contributed by atoms with Crippen molar-refractivity contribution in [3.63, 3.8) is 0 Å². The molecule has 3 N–H and O–H groups in total. The number of carboxylic acids is 1. The maximum Gasteiger partial charge on any atom is 0.305 e. The highest BCUT2D eigenvalue weighted by atomic mass is 32.2. The van der Waals surface area contributed by atoms with Crippen molar-refractivity contribution >= 4 is 35.2 Å². The van der Waals surface area contributed by atoms with Crippen molar-refractivity contribution in [2.24, 2.45) is 0 Å². The molecule has 0 saturated heterocycles. The van der Waals surface area contributed by atoms with Gasteiger partial charge in [-0.3, -0.25) is 23.7 Å². The maximum atomic E-state index is 13.7. The summed E-state index contributed by atoms with van der Waals surface area (Å²) in [7, 11) is 0. The molecule has 2 atom stereocenters. The number of hydrogen-bond donors (Lipinski definition) is 3. The molecule has 13 heteroatoms. The largest absolute Gasteiger partial charge is 0.481 e. The highest BCUT2D eigenvalue weighted by Gasteiger charge is 2.30. The molecule has 0 radical (unpaired) electrons. The molecule has 12 nitrogen and oxygen atoms in total. The maximum absolute atomic E-state index is 13.7. The minimum absolute atomic E-state index is 0.00270. The van der Waals surface area contributed by atoms with Gasteiger partial charge < -0.3 is 15.7 Å². The zero-order chi connectivity index (χ0) is 29.2. The number of aromatic nitrogens is 4. The molecule has 0 aliphatic heterocycles. The van der Waals surface area contributed by atoms with Gasteiger partial charge in [0.2, 0.25) is 5.91 Å². The number of carbonyl (C=O) groups excluding carboxylic acids is 2. The number of aliphatic carboxylic acids is 1. The Morgan fingerprint density at radius 3 is 2.41 bits per heavy atom. The number of Topliss-reactive ketones (excluding diaryl/α,β-unsaturated/α-hetero) is 1. The van der Waals surface area contributed by atoms with Gasteiger partial charge in [0.05, 0.1) is 24.8 Å². The number of ketones is 1. The summed E-state index contributed by atoms with van der Waals surface area (Å²) in [5.41, 5.74) is 1.90. The Balaban J connectivity index is 1.55. The Morgan fingerprint density at radius 1 is 1.05 bits per heavy atom. The van der Waals surface area contributed by atoms with E-state index in [1.54, 1.807) is 37.3 Å². The number of carbonyl (C=O) groups is 3. The number of aryl methyl sites for hydroxylation is 1. The first-order chi connectivity index (χ1) is 19.8. The third kappa shape index (κ3) is 7.88. The zero-order valence-electron chi connectivity index (χ0n) is 22.1. The number of anilines is 1. The monoisotopic (exact) mass is 576 g/mol. The second-order valence-corrected chi connectivity index (χ2v) is 10.0. The van der Waals surface area contributed by atoms with Crippen LogP contribution < -0.4 is 16.2 Å². The average Bonchev–Trinajstić information content (AvgIpc) is 3.38. The quantitative estimate of drug-likeness (QED) is 0.202. The van der Waals surface area contributed by atoms with Crippen molar-refractivity contribution in [1.29, 1.82) is 0 Å². The minimum atomic E-state index is -1.28. The molecule has 2 aromatic heterocycles. The Labute approximate surface area is 239 Å². The second kappa shape index (κ2) is 14.0. The van der Waals surface area contributed by atoms with E-state index >= 15 is 0 Å². The van der Waals surface area contributed by atoms with Crippen LogP contribution in [0.25, 0.3) is 0 Å². The molecular weight excluding hydrogens is 548 g/mol. The molecular formula is C28H28N6O6S. The van der Waals surface area contributed by atoms with Crippen LogP contribution in [-0.2, 0) is 26.7 Å². The van der Waals surface area contributed by atoms with Gasteiger partial charge in [0.1, 0.15) is 17.4 Å². The first kappa shape index (κ1) is 29.2. The lowest BCUT2D eigenvalue weighted by molar-refractivity contribution is -0.140. The summed E-state index contributed by atoms with van der Waals surface area (Å²) in [4.78, 5) is 55.9. The number of amides is 1. The van der Waals surface area contributed by atoms with Gasteiger partial charge in [-0.15, -0.1) is 11.8 Å². The normalized spacial score (nSPS) is 12.3. The molecule has 0 bridgehead atoms. The van der Waals surface area contributed by atoms with Crippen LogP contribution in [0, 0.1) is 6.92 Å². The fourth-order valence-electron chi connectivity index (χ4n) is 4.02. The van der Waals surface area contributed by atoms with Crippen molar-refractivity contribution < 1.29 is 24.1 Å². The topological polar surface area (TPSA) is 169 Å². The number of nitrogens with one attached hydrogen (secondary N) is 2. The summed E-state index contributed by atoms with van der Waals surface area (Å²) in [6.45, 7) is 1.81. The van der Waals surface area contributed by atoms with Crippen LogP contribution in [0.4, 0.5) is 5.82 Å². The molecule has 4 aromatic rings. The number of rotatable bonds is 14. The Hall–Kier alpha value is -4.78. The summed E-state index contributed by atoms with van der Waals surface area (Å²) < 4.78 is 5.86. The van der Waals surface area contributed by atoms with Gasteiger partial charge in [-0.1, -0.05) is 71.0 Å². The molecule has 2 heterocycles. The van der Waals surface area contributed by atoms with E-state index in [0.29, 0.717) is 22.7 Å². The smallest absolute Gasteiger partial charge is 0.305 e. The van der Waals surface area contributed by atoms with Gasteiger partial charge in [-0.2, -0.15) is 0 Å². The minimum Gasteiger partial charge on any atom is -0.481 e. The van der Waals surface area contributed by atoms with Crippen molar-refractivity contribution in [3.05, 3.63) is 106 Å². The van der Waals surface area contributed by atoms with Gasteiger partial charge >= 0.3 is 5.97 Å². The van der Waals surface area contributed by atoms with Crippen LogP contribution in [0.5, 0.6) is 0 Å². The summed E-state index contributed by atoms with van der Waals surface area (Å²) in [6.07, 6.45) is 2.12. The number of thioether (sulfide) groups is 1. The molecule has 0 saturated carbocycles. The van der Waals surface area contributed by atoms with E-state index in [2.05, 4.69) is 30.6 Å². The summed E-state index contributed by atoms with van der Waals surface area (Å²) >= 11 is 1.33. The zero-order valence-corrected chi connectivity index (χ0v) is 22.9. The Kier molecular flexibility index (Phi) is 9.99. The standard InChI is InChI=1S/C28H28N6O6S/c1-18-22(33-40-32-18)15-30-26-28(39)34(13-12-29-26)25(20-10-6-3-7-11-20)27(38)31-21(14-24(36)37)23(35)17-41-16-19-8-4-2-5-9-19/h2-13,21,25H,14-17H2,1H3,(H,29,30)(H,31,38)(H,36,37)/t21-,25?/m0/s1. The predicted octanol–water partition coefficient (Wildman–Crippen LogP) is 2.60. The van der Waals surface area contributed by atoms with Crippen LogP contribution in [0.1, 0.15) is 35.0 Å². The number of hydrogen-bond acceptors (Lipinski definition) is 10. The lowest BCUT2D eigenvalue weighted by Gasteiger charge is -2.23. The van der Waals surface area contributed by atoms with Gasteiger partial charge in [0, 0.05) is 18.1 Å². The van der Waals surface area contributed by atoms with E-state index in [9.17, 15) is 24.3 Å². The number of nitrogens with zero attached hydrogens (tertiary/aromatic N) is 4. The van der Waals surface area contributed by atoms with E-state index in [4.69, 9.17) is 0 Å². The van der Waals surface area contributed by atoms with Gasteiger partial charge in [0.25, 0.3) is 5.56 Å². The molecule has 0 aliphatic carbocycles. The summed E-state index contributed by atoms with van der Waals surface area (Å²) in [5, 5.41) is 22.4. The van der Waals surface area contributed by atoms with E-state index in [0.717, 1.165) is 5.56 Å². The van der Waals surface area contributed by atoms with Crippen LogP contribution in [0.3, 0.4) is 0 Å². The van der Waals surface area contributed by atoms with Crippen LogP contribution >= 0.6 is 11.8 Å². The van der Waals surface area contributed by atoms with E-state index in [-0.39, 0.29) is 18.1 Å². The summed E-state index contributed by atoms with van der Waals surface area (Å²) in [5.74, 6) is -1.87. The van der Waals surface area contributed by atoms with Crippen molar-refractivity contribution in [1.82, 2.24) is 25.2 Å². The SMILES string of the molecule is Cc1nonc1CNc1nccn(C(C(=O)N[C@@H](CC(=O)O)C(=O)CSCc2ccccc2)c2ccccc2)c1=O. The Morgan fingerprint density at radius 2 is 1.76 bits per heavy atom. The first-order valence-electron chi connectivity index (χ1n) is 12.6. The van der Waals surface area contributed by atoms with Crippen LogP contribution in [0.15, 0.2) is 82.5 Å². The molecule has 41 heavy (non-hydrogen) atoms. The third-order valence-corrected chi connectivity index (χ3v) is 7.15. The molecule has 4 rings (SSSR count). The first-order valence-corrected chi connectivity index (χ1v) is 13.8. The molecule has 0 spiro atoms. The van der Waals surface area contributed by atoms with Crippen LogP contribution in [0.2, 0.25) is 0 Å². The van der Waals surface area contributed by atoms with Gasteiger partial charge in [-0.05, 0) is 18.1 Å². The van der Waals surface area contributed by atoms with Crippen LogP contribution in [-0.4, -0.2) is 54.4 Å². The van der Waals surface area contributed by atoms with Gasteiger partial charge in [0.15, 0.2) is 11.6 Å². The summed E-state index contributed by atoms with van der Waals surface area (Å²) in [6, 6.07) is 15.6. The molecule has 0 fully saturated rings. The Bertz CT molecular complexity index is 1540. The molecule has 1 unspecified atom stereocenters. The predicted molar refractivity (Wildman–Crippen MR) is 151 cm³/mol. The fourth-order valence-corrected chi connectivity index (χ4v) is 4.95. The van der Waals surface area contributed by atoms with E-state index in [1.807, 2.05) is 30.3 Å². The van der Waals surface area contributed by atoms with E-state index in [1.165, 1.54) is 28.7 Å². The van der Waals surface area contributed by atoms with Crippen molar-refractivity contribution in [2.75, 3.05) is 11.1 Å². The number of benzene rings is 2. The third-order valence-electron chi connectivity index (χ3n) is 6.12. The van der Waals surface area contributed by atoms with Gasteiger partial charge in [-0.25, -0.2) is 9.61 Å². The van der Waals surface area contributed by atoms with Crippen molar-refractivity contribution in [3.8, 4) is 0 Å². The highest BCUT2D eigenvalue weighted by molar-refractivity contribution is 7.99. The molecule has 1 amide bonds. The molecule has 0 aliphatic rings. The molecule has 212 valence electrons. The number of carboxylic acid groups (broad SMARTS) is 1. The highest BCUT2D eigenvalue weighted by Crippen LogP contribution is 2.19. The lowest BCUT2D eigenvalue weighted by Crippen LogP contribution is -2.47. The second-order valence-electron chi connectivity index (χ2n) is 9.06. The lowest BCUT2D eigenvalue weighted by atomic mass is 10.0. The van der Waals surface area contributed by atoms with E-state index < -0.39 is 41.7 Å². The fraction of sp³-hybridized carbons (Fsp3) is 0.250.